The topological polar surface area (TPSA) is 32.9 Å². The number of aromatic amines is 1. The summed E-state index contributed by atoms with van der Waals surface area (Å²) in [5.74, 6) is 0. The van der Waals surface area contributed by atoms with Crippen LogP contribution in [0.1, 0.15) is 35.0 Å². The summed E-state index contributed by atoms with van der Waals surface area (Å²) in [6.07, 6.45) is 4.14. The quantitative estimate of drug-likeness (QED) is 0.663. The molecule has 0 spiro atoms. The molecule has 0 fully saturated rings. The standard InChI is InChI=1S/C21H23NOS/c1-3-17-14-19(15(2)22-21(17)23)20-13-12-18(24-20)11-7-10-16-8-5-4-6-9-16/h4-6,8-9,12-14H,3,7,10-11H2,1-2H3,(H,22,23). The van der Waals surface area contributed by atoms with Gasteiger partial charge in [0.25, 0.3) is 5.56 Å². The van der Waals surface area contributed by atoms with Crippen molar-refractivity contribution in [1.29, 1.82) is 0 Å². The Balaban J connectivity index is 1.70. The van der Waals surface area contributed by atoms with E-state index in [-0.39, 0.29) is 5.56 Å². The van der Waals surface area contributed by atoms with Crippen LogP contribution in [-0.4, -0.2) is 4.98 Å². The van der Waals surface area contributed by atoms with E-state index < -0.39 is 0 Å². The van der Waals surface area contributed by atoms with Crippen molar-refractivity contribution in [1.82, 2.24) is 4.98 Å². The Morgan fingerprint density at radius 2 is 1.83 bits per heavy atom. The first kappa shape index (κ1) is 16.7. The van der Waals surface area contributed by atoms with E-state index in [9.17, 15) is 4.79 Å². The molecule has 0 aliphatic rings. The maximum Gasteiger partial charge on any atom is 0.251 e. The molecule has 2 aromatic heterocycles. The van der Waals surface area contributed by atoms with E-state index in [0.29, 0.717) is 0 Å². The third-order valence-corrected chi connectivity index (χ3v) is 5.53. The fourth-order valence-corrected chi connectivity index (χ4v) is 4.08. The maximum absolute atomic E-state index is 11.9. The van der Waals surface area contributed by atoms with Crippen molar-refractivity contribution in [3.8, 4) is 10.4 Å². The van der Waals surface area contributed by atoms with Crippen LogP contribution in [0.3, 0.4) is 0 Å². The molecule has 124 valence electrons. The minimum atomic E-state index is 0.0402. The third kappa shape index (κ3) is 3.85. The summed E-state index contributed by atoms with van der Waals surface area (Å²) < 4.78 is 0. The first-order valence-electron chi connectivity index (χ1n) is 8.53. The number of aromatic nitrogens is 1. The number of nitrogens with one attached hydrogen (secondary N) is 1. The second-order valence-electron chi connectivity index (χ2n) is 6.12. The van der Waals surface area contributed by atoms with Gasteiger partial charge in [-0.1, -0.05) is 37.3 Å². The van der Waals surface area contributed by atoms with Crippen LogP contribution in [0.15, 0.2) is 53.3 Å². The summed E-state index contributed by atoms with van der Waals surface area (Å²) in [7, 11) is 0. The molecular formula is C21H23NOS. The van der Waals surface area contributed by atoms with Gasteiger partial charge in [0.05, 0.1) is 0 Å². The molecule has 0 unspecified atom stereocenters. The highest BCUT2D eigenvalue weighted by atomic mass is 32.1. The summed E-state index contributed by atoms with van der Waals surface area (Å²) in [5.41, 5.74) is 4.41. The second-order valence-corrected chi connectivity index (χ2v) is 7.29. The number of H-pyrrole nitrogens is 1. The highest BCUT2D eigenvalue weighted by molar-refractivity contribution is 7.15. The molecule has 0 radical (unpaired) electrons. The number of hydrogen-bond donors (Lipinski definition) is 1. The number of aryl methyl sites for hydroxylation is 4. The van der Waals surface area contributed by atoms with Gasteiger partial charge >= 0.3 is 0 Å². The van der Waals surface area contributed by atoms with Crippen LogP contribution >= 0.6 is 11.3 Å². The second kappa shape index (κ2) is 7.63. The van der Waals surface area contributed by atoms with E-state index in [2.05, 4.69) is 47.4 Å². The summed E-state index contributed by atoms with van der Waals surface area (Å²) >= 11 is 1.84. The van der Waals surface area contributed by atoms with Gasteiger partial charge in [-0.05, 0) is 56.4 Å². The average Bonchev–Trinajstić information content (AvgIpc) is 3.04. The lowest BCUT2D eigenvalue weighted by Crippen LogP contribution is -2.13. The zero-order valence-corrected chi connectivity index (χ0v) is 15.1. The Labute approximate surface area is 147 Å². The van der Waals surface area contributed by atoms with Crippen LogP contribution in [0, 0.1) is 6.92 Å². The molecular weight excluding hydrogens is 314 g/mol. The molecule has 0 atom stereocenters. The third-order valence-electron chi connectivity index (χ3n) is 4.35. The van der Waals surface area contributed by atoms with E-state index in [0.717, 1.165) is 42.5 Å². The molecule has 0 amide bonds. The van der Waals surface area contributed by atoms with Crippen LogP contribution in [0.5, 0.6) is 0 Å². The summed E-state index contributed by atoms with van der Waals surface area (Å²) in [5, 5.41) is 0. The van der Waals surface area contributed by atoms with Crippen molar-refractivity contribution in [2.75, 3.05) is 0 Å². The predicted octanol–water partition coefficient (Wildman–Crippen LogP) is 5.15. The molecule has 0 saturated heterocycles. The van der Waals surface area contributed by atoms with Gasteiger partial charge in [0.1, 0.15) is 0 Å². The zero-order chi connectivity index (χ0) is 16.9. The van der Waals surface area contributed by atoms with Gasteiger partial charge in [-0.3, -0.25) is 4.79 Å². The highest BCUT2D eigenvalue weighted by Crippen LogP contribution is 2.30. The summed E-state index contributed by atoms with van der Waals surface area (Å²) in [6, 6.07) is 17.1. The van der Waals surface area contributed by atoms with E-state index in [1.54, 1.807) is 0 Å². The van der Waals surface area contributed by atoms with Gasteiger partial charge in [-0.15, -0.1) is 11.3 Å². The fourth-order valence-electron chi connectivity index (χ4n) is 2.95. The van der Waals surface area contributed by atoms with Gasteiger partial charge in [0, 0.05) is 26.6 Å². The number of pyridine rings is 1. The molecule has 1 N–H and O–H groups in total. The number of thiophene rings is 1. The largest absolute Gasteiger partial charge is 0.326 e. The molecule has 24 heavy (non-hydrogen) atoms. The Bertz CT molecular complexity index is 861. The SMILES string of the molecule is CCc1cc(-c2ccc(CCCc3ccccc3)s2)c(C)[nH]c1=O. The lowest BCUT2D eigenvalue weighted by Gasteiger charge is -2.05. The molecule has 2 heterocycles. The van der Waals surface area contributed by atoms with Gasteiger partial charge in [0.2, 0.25) is 0 Å². The van der Waals surface area contributed by atoms with Crippen LogP contribution in [0.2, 0.25) is 0 Å². The molecule has 0 aliphatic heterocycles. The van der Waals surface area contributed by atoms with E-state index >= 15 is 0 Å². The molecule has 3 rings (SSSR count). The van der Waals surface area contributed by atoms with E-state index in [4.69, 9.17) is 0 Å². The lowest BCUT2D eigenvalue weighted by molar-refractivity contribution is 0.831. The highest BCUT2D eigenvalue weighted by Gasteiger charge is 2.09. The van der Waals surface area contributed by atoms with E-state index in [1.165, 1.54) is 15.3 Å². The normalized spacial score (nSPS) is 10.9. The maximum atomic E-state index is 11.9. The van der Waals surface area contributed by atoms with Crippen molar-refractivity contribution in [3.63, 3.8) is 0 Å². The van der Waals surface area contributed by atoms with Gasteiger partial charge in [0.15, 0.2) is 0 Å². The van der Waals surface area contributed by atoms with Crippen LogP contribution in [0.4, 0.5) is 0 Å². The molecule has 2 nitrogen and oxygen atoms in total. The Hall–Kier alpha value is -2.13. The van der Waals surface area contributed by atoms with Crippen molar-refractivity contribution in [2.45, 2.75) is 39.5 Å². The smallest absolute Gasteiger partial charge is 0.251 e. The first-order chi connectivity index (χ1) is 11.7. The molecule has 0 aliphatic carbocycles. The molecule has 1 aromatic carbocycles. The van der Waals surface area contributed by atoms with Gasteiger partial charge in [-0.25, -0.2) is 0 Å². The van der Waals surface area contributed by atoms with E-state index in [1.807, 2.05) is 31.3 Å². The zero-order valence-electron chi connectivity index (χ0n) is 14.3. The van der Waals surface area contributed by atoms with Gasteiger partial charge < -0.3 is 4.98 Å². The van der Waals surface area contributed by atoms with Crippen molar-refractivity contribution >= 4 is 11.3 Å². The molecule has 3 aromatic rings. The minimum Gasteiger partial charge on any atom is -0.326 e. The Morgan fingerprint density at radius 1 is 1.04 bits per heavy atom. The average molecular weight is 337 g/mol. The number of hydrogen-bond acceptors (Lipinski definition) is 2. The number of rotatable bonds is 6. The van der Waals surface area contributed by atoms with Crippen LogP contribution in [-0.2, 0) is 19.3 Å². The summed E-state index contributed by atoms with van der Waals surface area (Å²) in [4.78, 5) is 17.5. The Kier molecular flexibility index (Phi) is 5.31. The molecule has 0 saturated carbocycles. The molecule has 0 bridgehead atoms. The van der Waals surface area contributed by atoms with Crippen LogP contribution in [0.25, 0.3) is 10.4 Å². The fraction of sp³-hybridized carbons (Fsp3) is 0.286. The molecule has 3 heteroatoms. The predicted molar refractivity (Wildman–Crippen MR) is 103 cm³/mol. The van der Waals surface area contributed by atoms with Gasteiger partial charge in [-0.2, -0.15) is 0 Å². The first-order valence-corrected chi connectivity index (χ1v) is 9.35. The van der Waals surface area contributed by atoms with Crippen molar-refractivity contribution < 1.29 is 0 Å². The number of benzene rings is 1. The summed E-state index contributed by atoms with van der Waals surface area (Å²) in [6.45, 7) is 4.00. The van der Waals surface area contributed by atoms with Crippen molar-refractivity contribution in [3.05, 3.63) is 80.6 Å². The lowest BCUT2D eigenvalue weighted by atomic mass is 10.1. The Morgan fingerprint density at radius 3 is 2.58 bits per heavy atom. The van der Waals surface area contributed by atoms with Crippen molar-refractivity contribution in [2.24, 2.45) is 0 Å². The monoisotopic (exact) mass is 337 g/mol. The van der Waals surface area contributed by atoms with Crippen LogP contribution < -0.4 is 5.56 Å². The minimum absolute atomic E-state index is 0.0402.